The minimum Gasteiger partial charge on any atom is -0.332 e. The SMILES string of the molecule is CC1CCN(S(=O)(=O)c2ccc(NC(=S)NC(=O)c3ccc([N+](=O)[O-])cc3)cc2)CC1. The average Bonchev–Trinajstić information content (AvgIpc) is 2.74. The van der Waals surface area contributed by atoms with Gasteiger partial charge in [0, 0.05) is 36.5 Å². The number of thiocarbonyl (C=S) groups is 1. The molecule has 0 saturated carbocycles. The predicted molar refractivity (Wildman–Crippen MR) is 120 cm³/mol. The molecule has 2 aromatic carbocycles. The van der Waals surface area contributed by atoms with Crippen molar-refractivity contribution in [2.24, 2.45) is 5.92 Å². The second kappa shape index (κ2) is 9.50. The van der Waals surface area contributed by atoms with E-state index in [1.54, 1.807) is 12.1 Å². The molecule has 1 aliphatic rings. The van der Waals surface area contributed by atoms with Crippen LogP contribution in [-0.4, -0.2) is 41.8 Å². The molecule has 31 heavy (non-hydrogen) atoms. The molecule has 1 fully saturated rings. The molecular formula is C20H22N4O5S2. The number of nitro groups is 1. The number of hydrogen-bond donors (Lipinski definition) is 2. The van der Waals surface area contributed by atoms with E-state index < -0.39 is 20.9 Å². The maximum Gasteiger partial charge on any atom is 0.269 e. The number of non-ortho nitro benzene ring substituents is 1. The normalized spacial score (nSPS) is 15.3. The average molecular weight is 463 g/mol. The van der Waals surface area contributed by atoms with Crippen molar-refractivity contribution in [1.29, 1.82) is 0 Å². The summed E-state index contributed by atoms with van der Waals surface area (Å²) in [7, 11) is -3.54. The largest absolute Gasteiger partial charge is 0.332 e. The molecule has 0 spiro atoms. The van der Waals surface area contributed by atoms with Crippen LogP contribution in [0.15, 0.2) is 53.4 Å². The van der Waals surface area contributed by atoms with Gasteiger partial charge in [0.2, 0.25) is 10.0 Å². The number of carbonyl (C=O) groups is 1. The number of nitrogens with zero attached hydrogens (tertiary/aromatic N) is 2. The summed E-state index contributed by atoms with van der Waals surface area (Å²) in [6.45, 7) is 3.15. The van der Waals surface area contributed by atoms with Crippen molar-refractivity contribution in [2.75, 3.05) is 18.4 Å². The van der Waals surface area contributed by atoms with Gasteiger partial charge in [0.05, 0.1) is 9.82 Å². The lowest BCUT2D eigenvalue weighted by Gasteiger charge is -2.29. The highest BCUT2D eigenvalue weighted by atomic mass is 32.2. The first kappa shape index (κ1) is 22.8. The zero-order valence-corrected chi connectivity index (χ0v) is 18.4. The fourth-order valence-corrected chi connectivity index (χ4v) is 4.84. The van der Waals surface area contributed by atoms with Crippen LogP contribution in [0.5, 0.6) is 0 Å². The number of anilines is 1. The molecule has 164 valence electrons. The molecule has 0 unspecified atom stereocenters. The van der Waals surface area contributed by atoms with Crippen LogP contribution in [0.3, 0.4) is 0 Å². The van der Waals surface area contributed by atoms with E-state index >= 15 is 0 Å². The molecule has 0 aliphatic carbocycles. The van der Waals surface area contributed by atoms with E-state index in [0.717, 1.165) is 12.8 Å². The Morgan fingerprint density at radius 1 is 1.10 bits per heavy atom. The molecule has 11 heteroatoms. The standard InChI is InChI=1S/C20H22N4O5S2/c1-14-10-12-23(13-11-14)31(28,29)18-8-4-16(5-9-18)21-20(30)22-19(25)15-2-6-17(7-3-15)24(26)27/h2-9,14H,10-13H2,1H3,(H2,21,22,25,30). The fraction of sp³-hybridized carbons (Fsp3) is 0.300. The molecule has 1 amide bonds. The minimum absolute atomic E-state index is 0.0176. The van der Waals surface area contributed by atoms with Crippen LogP contribution < -0.4 is 10.6 Å². The van der Waals surface area contributed by atoms with Crippen molar-refractivity contribution in [3.63, 3.8) is 0 Å². The lowest BCUT2D eigenvalue weighted by atomic mass is 10.0. The van der Waals surface area contributed by atoms with Gasteiger partial charge in [-0.3, -0.25) is 20.2 Å². The third-order valence-corrected chi connectivity index (χ3v) is 7.18. The van der Waals surface area contributed by atoms with Crippen molar-refractivity contribution in [3.8, 4) is 0 Å². The molecule has 1 aliphatic heterocycles. The Balaban J connectivity index is 1.59. The molecule has 0 atom stereocenters. The van der Waals surface area contributed by atoms with E-state index in [9.17, 15) is 23.3 Å². The number of rotatable bonds is 5. The molecule has 9 nitrogen and oxygen atoms in total. The van der Waals surface area contributed by atoms with Crippen molar-refractivity contribution in [1.82, 2.24) is 9.62 Å². The van der Waals surface area contributed by atoms with E-state index in [1.165, 1.54) is 40.7 Å². The van der Waals surface area contributed by atoms with Gasteiger partial charge in [-0.25, -0.2) is 8.42 Å². The number of benzene rings is 2. The molecule has 2 N–H and O–H groups in total. The van der Waals surface area contributed by atoms with Crippen LogP contribution in [0.4, 0.5) is 11.4 Å². The van der Waals surface area contributed by atoms with E-state index in [2.05, 4.69) is 17.6 Å². The summed E-state index contributed by atoms with van der Waals surface area (Å²) in [6.07, 6.45) is 1.70. The van der Waals surface area contributed by atoms with Crippen LogP contribution >= 0.6 is 12.2 Å². The zero-order chi connectivity index (χ0) is 22.6. The summed E-state index contributed by atoms with van der Waals surface area (Å²) in [6, 6.07) is 11.3. The lowest BCUT2D eigenvalue weighted by Crippen LogP contribution is -2.37. The third kappa shape index (κ3) is 5.63. The van der Waals surface area contributed by atoms with Crippen LogP contribution in [0, 0.1) is 16.0 Å². The summed E-state index contributed by atoms with van der Waals surface area (Å²) >= 11 is 5.12. The topological polar surface area (TPSA) is 122 Å². The number of nitro benzene ring substituents is 1. The Kier molecular flexibility index (Phi) is 6.98. The quantitative estimate of drug-likeness (QED) is 0.398. The Hall–Kier alpha value is -2.89. The number of piperidine rings is 1. The number of sulfonamides is 1. The summed E-state index contributed by atoms with van der Waals surface area (Å²) in [5.41, 5.74) is 0.610. The summed E-state index contributed by atoms with van der Waals surface area (Å²) in [5, 5.41) is 16.0. The first-order valence-electron chi connectivity index (χ1n) is 9.64. The van der Waals surface area contributed by atoms with E-state index in [1.807, 2.05) is 0 Å². The fourth-order valence-electron chi connectivity index (χ4n) is 3.16. The van der Waals surface area contributed by atoms with E-state index in [0.29, 0.717) is 24.7 Å². The predicted octanol–water partition coefficient (Wildman–Crippen LogP) is 3.14. The molecule has 0 radical (unpaired) electrons. The smallest absolute Gasteiger partial charge is 0.269 e. The van der Waals surface area contributed by atoms with Crippen molar-refractivity contribution >= 4 is 44.6 Å². The molecule has 0 aromatic heterocycles. The Morgan fingerprint density at radius 2 is 1.68 bits per heavy atom. The molecule has 2 aromatic rings. The van der Waals surface area contributed by atoms with Gasteiger partial charge in [-0.2, -0.15) is 4.31 Å². The number of amides is 1. The van der Waals surface area contributed by atoms with Crippen molar-refractivity contribution < 1.29 is 18.1 Å². The number of carbonyl (C=O) groups excluding carboxylic acids is 1. The second-order valence-corrected chi connectivity index (χ2v) is 9.67. The maximum atomic E-state index is 12.8. The van der Waals surface area contributed by atoms with Crippen molar-refractivity contribution in [3.05, 3.63) is 64.2 Å². The third-order valence-electron chi connectivity index (χ3n) is 5.06. The minimum atomic E-state index is -3.54. The second-order valence-electron chi connectivity index (χ2n) is 7.32. The summed E-state index contributed by atoms with van der Waals surface area (Å²) in [4.78, 5) is 22.6. The van der Waals surface area contributed by atoms with Crippen LogP contribution in [-0.2, 0) is 10.0 Å². The van der Waals surface area contributed by atoms with E-state index in [-0.39, 0.29) is 21.3 Å². The highest BCUT2D eigenvalue weighted by Crippen LogP contribution is 2.24. The van der Waals surface area contributed by atoms with Gasteiger partial charge in [-0.15, -0.1) is 0 Å². The van der Waals surface area contributed by atoms with Crippen molar-refractivity contribution in [2.45, 2.75) is 24.7 Å². The highest BCUT2D eigenvalue weighted by Gasteiger charge is 2.27. The number of nitrogens with one attached hydrogen (secondary N) is 2. The summed E-state index contributed by atoms with van der Waals surface area (Å²) < 4.78 is 27.1. The van der Waals surface area contributed by atoms with Crippen LogP contribution in [0.25, 0.3) is 0 Å². The zero-order valence-electron chi connectivity index (χ0n) is 16.8. The first-order valence-corrected chi connectivity index (χ1v) is 11.5. The Morgan fingerprint density at radius 3 is 2.23 bits per heavy atom. The van der Waals surface area contributed by atoms with Gasteiger partial charge in [-0.05, 0) is 67.4 Å². The van der Waals surface area contributed by atoms with Crippen LogP contribution in [0.2, 0.25) is 0 Å². The Labute approximate surface area is 185 Å². The van der Waals surface area contributed by atoms with Gasteiger partial charge < -0.3 is 5.32 Å². The maximum absolute atomic E-state index is 12.8. The molecule has 1 heterocycles. The molecular weight excluding hydrogens is 440 g/mol. The lowest BCUT2D eigenvalue weighted by molar-refractivity contribution is -0.384. The van der Waals surface area contributed by atoms with E-state index in [4.69, 9.17) is 12.2 Å². The molecule has 3 rings (SSSR count). The van der Waals surface area contributed by atoms with Gasteiger partial charge in [0.25, 0.3) is 11.6 Å². The highest BCUT2D eigenvalue weighted by molar-refractivity contribution is 7.89. The molecule has 0 bridgehead atoms. The molecule has 1 saturated heterocycles. The monoisotopic (exact) mass is 462 g/mol. The summed E-state index contributed by atoms with van der Waals surface area (Å²) in [5.74, 6) is 0.00572. The van der Waals surface area contributed by atoms with Gasteiger partial charge >= 0.3 is 0 Å². The van der Waals surface area contributed by atoms with Gasteiger partial charge in [0.1, 0.15) is 0 Å². The van der Waals surface area contributed by atoms with Gasteiger partial charge in [-0.1, -0.05) is 6.92 Å². The number of hydrogen-bond acceptors (Lipinski definition) is 6. The first-order chi connectivity index (χ1) is 14.7. The Bertz CT molecular complexity index is 1080. The van der Waals surface area contributed by atoms with Gasteiger partial charge in [0.15, 0.2) is 5.11 Å². The van der Waals surface area contributed by atoms with Crippen LogP contribution in [0.1, 0.15) is 30.1 Å².